The normalized spacial score (nSPS) is 12.5. The molecule has 1 atom stereocenters. The van der Waals surface area contributed by atoms with E-state index in [9.17, 15) is 0 Å². The van der Waals surface area contributed by atoms with Crippen molar-refractivity contribution in [3.05, 3.63) is 28.3 Å². The van der Waals surface area contributed by atoms with Crippen LogP contribution in [0.25, 0.3) is 0 Å². The van der Waals surface area contributed by atoms with Gasteiger partial charge < -0.3 is 15.8 Å². The van der Waals surface area contributed by atoms with Crippen molar-refractivity contribution in [1.82, 2.24) is 5.32 Å². The number of ether oxygens (including phenoxy) is 1. The Morgan fingerprint density at radius 1 is 1.26 bits per heavy atom. The molecule has 0 aromatic heterocycles. The van der Waals surface area contributed by atoms with Gasteiger partial charge in [-0.15, -0.1) is 0 Å². The fourth-order valence-electron chi connectivity index (χ4n) is 2.48. The minimum atomic E-state index is 0.630. The van der Waals surface area contributed by atoms with Crippen LogP contribution in [0, 0.1) is 26.7 Å². The molecule has 1 aromatic carbocycles. The van der Waals surface area contributed by atoms with Crippen molar-refractivity contribution < 1.29 is 4.74 Å². The van der Waals surface area contributed by atoms with Crippen LogP contribution in [0.3, 0.4) is 0 Å². The lowest BCUT2D eigenvalue weighted by Gasteiger charge is -2.17. The Balaban J connectivity index is 2.69. The number of nitrogens with one attached hydrogen (secondary N) is 1. The van der Waals surface area contributed by atoms with E-state index in [0.717, 1.165) is 31.8 Å². The third-order valence-corrected chi connectivity index (χ3v) is 3.81. The lowest BCUT2D eigenvalue weighted by molar-refractivity contribution is 0.407. The minimum absolute atomic E-state index is 0.630. The first-order chi connectivity index (χ1) is 9.01. The highest BCUT2D eigenvalue weighted by Gasteiger charge is 2.10. The van der Waals surface area contributed by atoms with Gasteiger partial charge in [0.1, 0.15) is 5.75 Å². The summed E-state index contributed by atoms with van der Waals surface area (Å²) in [4.78, 5) is 0. The van der Waals surface area contributed by atoms with Crippen molar-refractivity contribution in [2.75, 3.05) is 20.2 Å². The van der Waals surface area contributed by atoms with Gasteiger partial charge >= 0.3 is 0 Å². The smallest absolute Gasteiger partial charge is 0.124 e. The molecular weight excluding hydrogens is 236 g/mol. The largest absolute Gasteiger partial charge is 0.496 e. The van der Waals surface area contributed by atoms with Crippen LogP contribution in [-0.2, 0) is 6.54 Å². The summed E-state index contributed by atoms with van der Waals surface area (Å²) in [5.41, 5.74) is 10.7. The highest BCUT2D eigenvalue weighted by Crippen LogP contribution is 2.28. The molecule has 108 valence electrons. The van der Waals surface area contributed by atoms with Crippen molar-refractivity contribution in [1.29, 1.82) is 0 Å². The van der Waals surface area contributed by atoms with Crippen LogP contribution in [-0.4, -0.2) is 20.2 Å². The molecule has 0 bridgehead atoms. The summed E-state index contributed by atoms with van der Waals surface area (Å²) in [5.74, 6) is 1.64. The van der Waals surface area contributed by atoms with Crippen LogP contribution < -0.4 is 15.8 Å². The van der Waals surface area contributed by atoms with Gasteiger partial charge in [-0.05, 0) is 68.5 Å². The van der Waals surface area contributed by atoms with E-state index in [1.165, 1.54) is 22.3 Å². The molecule has 0 amide bonds. The fraction of sp³-hybridized carbons (Fsp3) is 0.625. The Morgan fingerprint density at radius 3 is 2.53 bits per heavy atom. The Bertz CT molecular complexity index is 416. The maximum absolute atomic E-state index is 5.57. The maximum atomic E-state index is 5.57. The predicted molar refractivity (Wildman–Crippen MR) is 81.7 cm³/mol. The van der Waals surface area contributed by atoms with E-state index in [0.29, 0.717) is 5.92 Å². The van der Waals surface area contributed by atoms with Crippen molar-refractivity contribution in [3.8, 4) is 5.75 Å². The van der Waals surface area contributed by atoms with E-state index >= 15 is 0 Å². The molecule has 0 fully saturated rings. The average Bonchev–Trinajstić information content (AvgIpc) is 2.36. The molecule has 0 heterocycles. The van der Waals surface area contributed by atoms with Crippen molar-refractivity contribution in [2.24, 2.45) is 11.7 Å². The summed E-state index contributed by atoms with van der Waals surface area (Å²) in [7, 11) is 1.74. The first kappa shape index (κ1) is 16.0. The number of benzene rings is 1. The molecule has 3 N–H and O–H groups in total. The molecule has 0 aliphatic rings. The fourth-order valence-corrected chi connectivity index (χ4v) is 2.48. The molecule has 1 rings (SSSR count). The molecule has 0 aliphatic heterocycles. The van der Waals surface area contributed by atoms with Crippen LogP contribution >= 0.6 is 0 Å². The Morgan fingerprint density at radius 2 is 1.95 bits per heavy atom. The number of aryl methyl sites for hydroxylation is 1. The molecular formula is C16H28N2O. The van der Waals surface area contributed by atoms with Crippen LogP contribution in [0.1, 0.15) is 35.6 Å². The summed E-state index contributed by atoms with van der Waals surface area (Å²) in [6.45, 7) is 11.3. The van der Waals surface area contributed by atoms with Gasteiger partial charge in [-0.25, -0.2) is 0 Å². The first-order valence-electron chi connectivity index (χ1n) is 7.05. The van der Waals surface area contributed by atoms with Gasteiger partial charge in [-0.2, -0.15) is 0 Å². The number of hydrogen-bond donors (Lipinski definition) is 2. The summed E-state index contributed by atoms with van der Waals surface area (Å²) < 4.78 is 5.45. The second-order valence-corrected chi connectivity index (χ2v) is 5.45. The van der Waals surface area contributed by atoms with Crippen LogP contribution in [0.15, 0.2) is 6.07 Å². The van der Waals surface area contributed by atoms with E-state index in [2.05, 4.69) is 39.1 Å². The third-order valence-electron chi connectivity index (χ3n) is 3.81. The maximum Gasteiger partial charge on any atom is 0.124 e. The van der Waals surface area contributed by atoms with Gasteiger partial charge in [-0.3, -0.25) is 0 Å². The molecule has 3 heteroatoms. The molecule has 0 saturated carbocycles. The highest BCUT2D eigenvalue weighted by molar-refractivity contribution is 5.48. The Kier molecular flexibility index (Phi) is 6.32. The average molecular weight is 264 g/mol. The molecule has 0 spiro atoms. The number of hydrogen-bond acceptors (Lipinski definition) is 3. The first-order valence-corrected chi connectivity index (χ1v) is 7.05. The van der Waals surface area contributed by atoms with E-state index < -0.39 is 0 Å². The summed E-state index contributed by atoms with van der Waals surface area (Å²) >= 11 is 0. The summed E-state index contributed by atoms with van der Waals surface area (Å²) in [6, 6.07) is 2.22. The number of rotatable bonds is 7. The van der Waals surface area contributed by atoms with Crippen LogP contribution in [0.5, 0.6) is 5.75 Å². The zero-order valence-electron chi connectivity index (χ0n) is 13.0. The number of methoxy groups -OCH3 is 1. The Hall–Kier alpha value is -1.06. The number of nitrogens with two attached hydrogens (primary N) is 1. The van der Waals surface area contributed by atoms with Gasteiger partial charge in [-0.1, -0.05) is 13.0 Å². The van der Waals surface area contributed by atoms with Crippen molar-refractivity contribution in [3.63, 3.8) is 0 Å². The lowest BCUT2D eigenvalue weighted by atomic mass is 9.98. The molecule has 0 aliphatic carbocycles. The van der Waals surface area contributed by atoms with E-state index in [1.807, 2.05) is 0 Å². The van der Waals surface area contributed by atoms with Gasteiger partial charge in [0.15, 0.2) is 0 Å². The monoisotopic (exact) mass is 264 g/mol. The molecule has 0 radical (unpaired) electrons. The zero-order valence-corrected chi connectivity index (χ0v) is 13.0. The molecule has 19 heavy (non-hydrogen) atoms. The van der Waals surface area contributed by atoms with E-state index in [-0.39, 0.29) is 0 Å². The topological polar surface area (TPSA) is 47.3 Å². The quantitative estimate of drug-likeness (QED) is 0.796. The molecule has 1 aromatic rings. The van der Waals surface area contributed by atoms with Gasteiger partial charge in [0.05, 0.1) is 7.11 Å². The third kappa shape index (κ3) is 4.22. The lowest BCUT2D eigenvalue weighted by Crippen LogP contribution is -2.23. The predicted octanol–water partition coefficient (Wildman–Crippen LogP) is 2.69. The highest BCUT2D eigenvalue weighted by atomic mass is 16.5. The van der Waals surface area contributed by atoms with Gasteiger partial charge in [0.2, 0.25) is 0 Å². The van der Waals surface area contributed by atoms with Gasteiger partial charge in [0, 0.05) is 6.54 Å². The summed E-state index contributed by atoms with van der Waals surface area (Å²) in [6.07, 6.45) is 1.08. The standard InChI is InChI=1S/C16H28N2O/c1-11(6-7-17)9-18-10-15-8-12(2)16(19-5)14(4)13(15)3/h8,11,18H,6-7,9-10,17H2,1-5H3. The van der Waals surface area contributed by atoms with Crippen LogP contribution in [0.4, 0.5) is 0 Å². The summed E-state index contributed by atoms with van der Waals surface area (Å²) in [5, 5.41) is 3.52. The van der Waals surface area contributed by atoms with Crippen molar-refractivity contribution >= 4 is 0 Å². The molecule has 3 nitrogen and oxygen atoms in total. The SMILES string of the molecule is COc1c(C)cc(CNCC(C)CCN)c(C)c1C. The van der Waals surface area contributed by atoms with Crippen molar-refractivity contribution in [2.45, 2.75) is 40.7 Å². The van der Waals surface area contributed by atoms with E-state index in [1.54, 1.807) is 7.11 Å². The molecule has 0 saturated heterocycles. The zero-order chi connectivity index (χ0) is 14.4. The van der Waals surface area contributed by atoms with Gasteiger partial charge in [0.25, 0.3) is 0 Å². The van der Waals surface area contributed by atoms with Crippen LogP contribution in [0.2, 0.25) is 0 Å². The second kappa shape index (κ2) is 7.51. The minimum Gasteiger partial charge on any atom is -0.496 e. The van der Waals surface area contributed by atoms with E-state index in [4.69, 9.17) is 10.5 Å². The Labute approximate surface area is 117 Å². The molecule has 1 unspecified atom stereocenters. The second-order valence-electron chi connectivity index (χ2n) is 5.45.